The summed E-state index contributed by atoms with van der Waals surface area (Å²) < 4.78 is 0.982. The Bertz CT molecular complexity index is 685. The first-order chi connectivity index (χ1) is 9.38. The van der Waals surface area contributed by atoms with Crippen LogP contribution < -0.4 is 5.32 Å². The smallest absolute Gasteiger partial charge is 0.224 e. The van der Waals surface area contributed by atoms with Crippen molar-refractivity contribution in [1.29, 1.82) is 0 Å². The van der Waals surface area contributed by atoms with Gasteiger partial charge in [-0.1, -0.05) is 0 Å². The van der Waals surface area contributed by atoms with E-state index in [1.165, 1.54) is 0 Å². The van der Waals surface area contributed by atoms with Gasteiger partial charge in [-0.3, -0.25) is 9.97 Å². The Morgan fingerprint density at radius 2 is 2.21 bits per heavy atom. The molecule has 0 atom stereocenters. The molecule has 0 bridgehead atoms. The molecule has 19 heavy (non-hydrogen) atoms. The molecule has 0 aromatic carbocycles. The molecule has 6 nitrogen and oxygen atoms in total. The van der Waals surface area contributed by atoms with Crippen LogP contribution >= 0.6 is 11.3 Å². The average Bonchev–Trinajstić information content (AvgIpc) is 2.93. The summed E-state index contributed by atoms with van der Waals surface area (Å²) in [4.78, 5) is 17.2. The fourth-order valence-electron chi connectivity index (χ4n) is 1.71. The fraction of sp³-hybridized carbons (Fsp3) is 0.167. The lowest BCUT2D eigenvalue weighted by molar-refractivity contribution is 0.311. The van der Waals surface area contributed by atoms with Crippen LogP contribution in [0, 0.1) is 0 Å². The minimum absolute atomic E-state index is 0.0332. The Labute approximate surface area is 113 Å². The van der Waals surface area contributed by atoms with Crippen LogP contribution in [0.25, 0.3) is 21.6 Å². The summed E-state index contributed by atoms with van der Waals surface area (Å²) in [5.74, 6) is 0.487. The van der Waals surface area contributed by atoms with Crippen LogP contribution in [-0.2, 0) is 0 Å². The van der Waals surface area contributed by atoms with Gasteiger partial charge in [-0.25, -0.2) is 9.97 Å². The van der Waals surface area contributed by atoms with Crippen molar-refractivity contribution in [2.24, 2.45) is 0 Å². The van der Waals surface area contributed by atoms with Gasteiger partial charge < -0.3 is 10.4 Å². The Hall–Kier alpha value is -2.12. The molecule has 0 radical (unpaired) electrons. The van der Waals surface area contributed by atoms with E-state index in [1.54, 1.807) is 29.9 Å². The van der Waals surface area contributed by atoms with Crippen molar-refractivity contribution >= 4 is 27.5 Å². The quantitative estimate of drug-likeness (QED) is 0.750. The van der Waals surface area contributed by atoms with Crippen LogP contribution in [0.1, 0.15) is 0 Å². The molecule has 0 aliphatic rings. The molecule has 0 amide bonds. The van der Waals surface area contributed by atoms with Gasteiger partial charge in [0.25, 0.3) is 0 Å². The molecule has 0 spiro atoms. The molecule has 2 N–H and O–H groups in total. The van der Waals surface area contributed by atoms with E-state index in [0.29, 0.717) is 18.2 Å². The van der Waals surface area contributed by atoms with E-state index in [4.69, 9.17) is 5.11 Å². The molecule has 0 aliphatic heterocycles. The van der Waals surface area contributed by atoms with Crippen molar-refractivity contribution in [3.63, 3.8) is 0 Å². The first-order valence-electron chi connectivity index (χ1n) is 5.75. The summed E-state index contributed by atoms with van der Waals surface area (Å²) in [5.41, 5.74) is 2.33. The van der Waals surface area contributed by atoms with Gasteiger partial charge in [0.05, 0.1) is 23.0 Å². The number of hydrogen-bond donors (Lipinski definition) is 2. The maximum Gasteiger partial charge on any atom is 0.224 e. The van der Waals surface area contributed by atoms with E-state index in [0.717, 1.165) is 15.9 Å². The number of nitrogens with one attached hydrogen (secondary N) is 1. The van der Waals surface area contributed by atoms with Gasteiger partial charge in [-0.2, -0.15) is 0 Å². The van der Waals surface area contributed by atoms with Crippen molar-refractivity contribution in [3.05, 3.63) is 30.0 Å². The van der Waals surface area contributed by atoms with Crippen molar-refractivity contribution in [2.45, 2.75) is 0 Å². The van der Waals surface area contributed by atoms with Gasteiger partial charge >= 0.3 is 0 Å². The van der Waals surface area contributed by atoms with Gasteiger partial charge in [0.1, 0.15) is 11.4 Å². The summed E-state index contributed by atoms with van der Waals surface area (Å²) in [7, 11) is 0. The molecular weight excluding hydrogens is 262 g/mol. The highest BCUT2D eigenvalue weighted by atomic mass is 32.1. The molecule has 0 aliphatic carbocycles. The highest BCUT2D eigenvalue weighted by Gasteiger charge is 2.11. The summed E-state index contributed by atoms with van der Waals surface area (Å²) in [6.07, 6.45) is 4.94. The Morgan fingerprint density at radius 3 is 3.00 bits per heavy atom. The van der Waals surface area contributed by atoms with Crippen molar-refractivity contribution in [2.75, 3.05) is 18.5 Å². The second kappa shape index (κ2) is 5.25. The van der Waals surface area contributed by atoms with Crippen LogP contribution in [0.2, 0.25) is 0 Å². The van der Waals surface area contributed by atoms with E-state index < -0.39 is 0 Å². The molecule has 0 unspecified atom stereocenters. The number of thiophene rings is 1. The van der Waals surface area contributed by atoms with E-state index in [2.05, 4.69) is 25.3 Å². The normalized spacial score (nSPS) is 10.8. The lowest BCUT2D eigenvalue weighted by Crippen LogP contribution is -2.09. The van der Waals surface area contributed by atoms with Crippen LogP contribution in [0.15, 0.2) is 30.0 Å². The summed E-state index contributed by atoms with van der Waals surface area (Å²) in [5, 5.41) is 13.8. The Morgan fingerprint density at radius 1 is 1.26 bits per heavy atom. The molecule has 96 valence electrons. The molecule has 3 rings (SSSR count). The zero-order chi connectivity index (χ0) is 13.1. The molecular formula is C12H11N5OS. The lowest BCUT2D eigenvalue weighted by atomic mass is 10.3. The number of hydrogen-bond acceptors (Lipinski definition) is 7. The summed E-state index contributed by atoms with van der Waals surface area (Å²) in [6.45, 7) is 0.445. The van der Waals surface area contributed by atoms with Crippen LogP contribution in [0.4, 0.5) is 5.95 Å². The number of aliphatic hydroxyl groups is 1. The first kappa shape index (κ1) is 11.9. The van der Waals surface area contributed by atoms with E-state index >= 15 is 0 Å². The zero-order valence-corrected chi connectivity index (χ0v) is 10.8. The second-order valence-corrected chi connectivity index (χ2v) is 4.69. The third-order valence-corrected chi connectivity index (χ3v) is 3.41. The molecule has 0 saturated heterocycles. The minimum Gasteiger partial charge on any atom is -0.395 e. The van der Waals surface area contributed by atoms with Crippen LogP contribution in [0.3, 0.4) is 0 Å². The number of aliphatic hydroxyl groups excluding tert-OH is 1. The number of nitrogens with zero attached hydrogens (tertiary/aromatic N) is 4. The standard InChI is InChI=1S/C12H11N5OS/c18-5-4-15-12-16-8-1-6-19-11(8)10(17-12)9-7-13-2-3-14-9/h1-3,6-7,18H,4-5H2,(H,15,16,17). The Kier molecular flexibility index (Phi) is 3.30. The number of anilines is 1. The molecule has 3 aromatic heterocycles. The van der Waals surface area contributed by atoms with Gasteiger partial charge in [-0.05, 0) is 11.4 Å². The molecule has 7 heteroatoms. The molecule has 0 saturated carbocycles. The van der Waals surface area contributed by atoms with Crippen molar-refractivity contribution < 1.29 is 5.11 Å². The molecule has 0 fully saturated rings. The summed E-state index contributed by atoms with van der Waals surface area (Å²) in [6, 6.07) is 1.94. The SMILES string of the molecule is OCCNc1nc(-c2cnccn2)c2sccc2n1. The van der Waals surface area contributed by atoms with E-state index in [-0.39, 0.29) is 6.61 Å². The Balaban J connectivity index is 2.13. The predicted molar refractivity (Wildman–Crippen MR) is 74.0 cm³/mol. The number of rotatable bonds is 4. The van der Waals surface area contributed by atoms with Crippen molar-refractivity contribution in [1.82, 2.24) is 19.9 Å². The number of aromatic nitrogens is 4. The maximum absolute atomic E-state index is 8.85. The lowest BCUT2D eigenvalue weighted by Gasteiger charge is -2.06. The average molecular weight is 273 g/mol. The zero-order valence-electron chi connectivity index (χ0n) is 9.95. The highest BCUT2D eigenvalue weighted by molar-refractivity contribution is 7.17. The largest absolute Gasteiger partial charge is 0.395 e. The first-order valence-corrected chi connectivity index (χ1v) is 6.63. The number of fused-ring (bicyclic) bond motifs is 1. The maximum atomic E-state index is 8.85. The molecule has 3 aromatic rings. The van der Waals surface area contributed by atoms with Crippen LogP contribution in [0.5, 0.6) is 0 Å². The van der Waals surface area contributed by atoms with Crippen molar-refractivity contribution in [3.8, 4) is 11.4 Å². The topological polar surface area (TPSA) is 83.8 Å². The second-order valence-electron chi connectivity index (χ2n) is 3.77. The van der Waals surface area contributed by atoms with Gasteiger partial charge in [0, 0.05) is 18.9 Å². The highest BCUT2D eigenvalue weighted by Crippen LogP contribution is 2.29. The molecule has 3 heterocycles. The van der Waals surface area contributed by atoms with Crippen LogP contribution in [-0.4, -0.2) is 38.2 Å². The minimum atomic E-state index is 0.0332. The fourth-order valence-corrected chi connectivity index (χ4v) is 2.53. The third-order valence-electron chi connectivity index (χ3n) is 2.50. The van der Waals surface area contributed by atoms with Gasteiger partial charge in [0.15, 0.2) is 0 Å². The third kappa shape index (κ3) is 2.38. The predicted octanol–water partition coefficient (Wildman–Crippen LogP) is 1.55. The summed E-state index contributed by atoms with van der Waals surface area (Å²) >= 11 is 1.57. The monoisotopic (exact) mass is 273 g/mol. The van der Waals surface area contributed by atoms with Gasteiger partial charge in [0.2, 0.25) is 5.95 Å². The van der Waals surface area contributed by atoms with E-state index in [1.807, 2.05) is 11.4 Å². The van der Waals surface area contributed by atoms with Gasteiger partial charge in [-0.15, -0.1) is 11.3 Å². The van der Waals surface area contributed by atoms with E-state index in [9.17, 15) is 0 Å².